The van der Waals surface area contributed by atoms with Gasteiger partial charge in [0.1, 0.15) is 0 Å². The third kappa shape index (κ3) is 3.40. The monoisotopic (exact) mass is 368 g/mol. The normalized spacial score (nSPS) is 15.2. The van der Waals surface area contributed by atoms with E-state index in [0.717, 1.165) is 48.3 Å². The van der Waals surface area contributed by atoms with Crippen molar-refractivity contribution in [2.75, 3.05) is 23.8 Å². The summed E-state index contributed by atoms with van der Waals surface area (Å²) in [5.74, 6) is 0. The quantitative estimate of drug-likeness (QED) is 0.742. The highest BCUT2D eigenvalue weighted by Gasteiger charge is 2.20. The van der Waals surface area contributed by atoms with E-state index in [1.807, 2.05) is 48.5 Å². The Kier molecular flexibility index (Phi) is 4.57. The van der Waals surface area contributed by atoms with Gasteiger partial charge in [0.15, 0.2) is 0 Å². The van der Waals surface area contributed by atoms with Gasteiger partial charge in [-0.15, -0.1) is 0 Å². The minimum Gasteiger partial charge on any atom is -0.381 e. The zero-order chi connectivity index (χ0) is 19.0. The molecule has 1 aromatic carbocycles. The van der Waals surface area contributed by atoms with Crippen molar-refractivity contribution in [1.82, 2.24) is 19.6 Å². The number of anilines is 2. The molecular formula is C19H24N6O2. The van der Waals surface area contributed by atoms with Gasteiger partial charge in [-0.25, -0.2) is 4.79 Å². The van der Waals surface area contributed by atoms with E-state index in [1.165, 1.54) is 0 Å². The van der Waals surface area contributed by atoms with Crippen LogP contribution in [0.15, 0.2) is 24.4 Å². The minimum atomic E-state index is -0.295. The van der Waals surface area contributed by atoms with Crippen LogP contribution in [0.3, 0.4) is 0 Å². The highest BCUT2D eigenvalue weighted by atomic mass is 16.5. The van der Waals surface area contributed by atoms with Crippen LogP contribution in [0.4, 0.5) is 16.2 Å². The van der Waals surface area contributed by atoms with Gasteiger partial charge in [-0.3, -0.25) is 9.36 Å². The molecule has 0 aliphatic carbocycles. The molecule has 2 N–H and O–H groups in total. The molecule has 1 saturated heterocycles. The summed E-state index contributed by atoms with van der Waals surface area (Å²) in [6.07, 6.45) is 3.59. The van der Waals surface area contributed by atoms with E-state index in [2.05, 4.69) is 20.8 Å². The fraction of sp³-hybridized carbons (Fsp3) is 0.421. The number of amides is 2. The lowest BCUT2D eigenvalue weighted by Crippen LogP contribution is -2.22. The number of aromatic nitrogens is 4. The molecule has 3 aromatic rings. The highest BCUT2D eigenvalue weighted by Crippen LogP contribution is 2.25. The van der Waals surface area contributed by atoms with E-state index in [1.54, 1.807) is 6.20 Å². The first kappa shape index (κ1) is 17.5. The molecule has 3 heterocycles. The van der Waals surface area contributed by atoms with Crippen molar-refractivity contribution in [2.45, 2.75) is 32.7 Å². The molecule has 1 aliphatic rings. The molecule has 0 spiro atoms. The van der Waals surface area contributed by atoms with Gasteiger partial charge in [0.25, 0.3) is 0 Å². The second kappa shape index (κ2) is 7.03. The van der Waals surface area contributed by atoms with E-state index >= 15 is 0 Å². The van der Waals surface area contributed by atoms with Crippen LogP contribution in [0, 0.1) is 13.8 Å². The predicted molar refractivity (Wildman–Crippen MR) is 104 cm³/mol. The summed E-state index contributed by atoms with van der Waals surface area (Å²) in [5, 5.41) is 15.8. The first-order valence-electron chi connectivity index (χ1n) is 9.16. The highest BCUT2D eigenvalue weighted by molar-refractivity contribution is 6.01. The van der Waals surface area contributed by atoms with Crippen LogP contribution >= 0.6 is 0 Å². The molecule has 0 atom stereocenters. The molecule has 142 valence electrons. The number of rotatable bonds is 3. The average Bonchev–Trinajstić information content (AvgIpc) is 3.15. The number of nitrogens with one attached hydrogen (secondary N) is 2. The van der Waals surface area contributed by atoms with E-state index in [4.69, 9.17) is 4.74 Å². The summed E-state index contributed by atoms with van der Waals surface area (Å²) in [6, 6.07) is 5.76. The van der Waals surface area contributed by atoms with Crippen LogP contribution < -0.4 is 10.6 Å². The van der Waals surface area contributed by atoms with Crippen molar-refractivity contribution in [2.24, 2.45) is 7.05 Å². The molecule has 8 heteroatoms. The van der Waals surface area contributed by atoms with Gasteiger partial charge in [0.05, 0.1) is 29.1 Å². The molecule has 0 unspecified atom stereocenters. The lowest BCUT2D eigenvalue weighted by Gasteiger charge is -2.23. The van der Waals surface area contributed by atoms with Crippen LogP contribution in [-0.2, 0) is 11.8 Å². The Balaban J connectivity index is 1.46. The number of aryl methyl sites for hydroxylation is 2. The zero-order valence-electron chi connectivity index (χ0n) is 15.8. The second-order valence-electron chi connectivity index (χ2n) is 6.95. The van der Waals surface area contributed by atoms with Crippen molar-refractivity contribution < 1.29 is 9.53 Å². The summed E-state index contributed by atoms with van der Waals surface area (Å²) in [5.41, 5.74) is 4.32. The largest absolute Gasteiger partial charge is 0.381 e. The molecule has 1 aliphatic heterocycles. The van der Waals surface area contributed by atoms with Crippen molar-refractivity contribution >= 4 is 28.3 Å². The first-order valence-corrected chi connectivity index (χ1v) is 9.16. The number of carbonyl (C=O) groups excluding carboxylic acids is 1. The average molecular weight is 368 g/mol. The Morgan fingerprint density at radius 2 is 1.96 bits per heavy atom. The number of carbonyl (C=O) groups is 1. The summed E-state index contributed by atoms with van der Waals surface area (Å²) >= 11 is 0. The Bertz CT molecular complexity index is 984. The molecule has 27 heavy (non-hydrogen) atoms. The summed E-state index contributed by atoms with van der Waals surface area (Å²) in [7, 11) is 1.91. The molecule has 1 fully saturated rings. The van der Waals surface area contributed by atoms with Gasteiger partial charge in [-0.05, 0) is 44.9 Å². The molecule has 0 radical (unpaired) electrons. The number of urea groups is 1. The fourth-order valence-corrected chi connectivity index (χ4v) is 3.54. The summed E-state index contributed by atoms with van der Waals surface area (Å²) < 4.78 is 9.23. The Labute approximate surface area is 157 Å². The maximum absolute atomic E-state index is 12.4. The topological polar surface area (TPSA) is 86.0 Å². The molecule has 2 aromatic heterocycles. The SMILES string of the molecule is Cc1c2ccc(NC(=O)Nc3cnn(C4CCOCC4)c3C)cc2nn1C. The number of hydrogen-bond acceptors (Lipinski definition) is 4. The van der Waals surface area contributed by atoms with Crippen LogP contribution in [-0.4, -0.2) is 38.8 Å². The molecular weight excluding hydrogens is 344 g/mol. The van der Waals surface area contributed by atoms with E-state index in [-0.39, 0.29) is 6.03 Å². The molecule has 2 amide bonds. The molecule has 4 rings (SSSR count). The first-order chi connectivity index (χ1) is 13.0. The number of ether oxygens (including phenoxy) is 1. The lowest BCUT2D eigenvalue weighted by molar-refractivity contribution is 0.0657. The van der Waals surface area contributed by atoms with Crippen molar-refractivity contribution in [3.8, 4) is 0 Å². The van der Waals surface area contributed by atoms with E-state index < -0.39 is 0 Å². The molecule has 0 saturated carbocycles. The molecule has 0 bridgehead atoms. The predicted octanol–water partition coefficient (Wildman–Crippen LogP) is 3.38. The summed E-state index contributed by atoms with van der Waals surface area (Å²) in [6.45, 7) is 5.50. The van der Waals surface area contributed by atoms with Crippen LogP contribution in [0.1, 0.15) is 30.3 Å². The number of benzene rings is 1. The lowest BCUT2D eigenvalue weighted by atomic mass is 10.1. The molecule has 8 nitrogen and oxygen atoms in total. The van der Waals surface area contributed by atoms with Crippen molar-refractivity contribution in [1.29, 1.82) is 0 Å². The van der Waals surface area contributed by atoms with Crippen molar-refractivity contribution in [3.63, 3.8) is 0 Å². The van der Waals surface area contributed by atoms with Gasteiger partial charge in [0, 0.05) is 37.0 Å². The fourth-order valence-electron chi connectivity index (χ4n) is 3.54. The Morgan fingerprint density at radius 3 is 2.74 bits per heavy atom. The number of fused-ring (bicyclic) bond motifs is 1. The van der Waals surface area contributed by atoms with Gasteiger partial charge in [-0.1, -0.05) is 0 Å². The minimum absolute atomic E-state index is 0.295. The van der Waals surface area contributed by atoms with Gasteiger partial charge >= 0.3 is 6.03 Å². The third-order valence-corrected chi connectivity index (χ3v) is 5.22. The Morgan fingerprint density at radius 1 is 1.19 bits per heavy atom. The van der Waals surface area contributed by atoms with E-state index in [9.17, 15) is 4.79 Å². The van der Waals surface area contributed by atoms with Crippen LogP contribution in [0.25, 0.3) is 10.9 Å². The van der Waals surface area contributed by atoms with Gasteiger partial charge in [-0.2, -0.15) is 10.2 Å². The van der Waals surface area contributed by atoms with Crippen LogP contribution in [0.5, 0.6) is 0 Å². The van der Waals surface area contributed by atoms with Gasteiger partial charge < -0.3 is 15.4 Å². The Hall–Kier alpha value is -2.87. The number of nitrogens with zero attached hydrogens (tertiary/aromatic N) is 4. The zero-order valence-corrected chi connectivity index (χ0v) is 15.8. The maximum Gasteiger partial charge on any atom is 0.323 e. The van der Waals surface area contributed by atoms with Crippen LogP contribution in [0.2, 0.25) is 0 Å². The van der Waals surface area contributed by atoms with Gasteiger partial charge in [0.2, 0.25) is 0 Å². The summed E-state index contributed by atoms with van der Waals surface area (Å²) in [4.78, 5) is 12.4. The third-order valence-electron chi connectivity index (χ3n) is 5.22. The number of hydrogen-bond donors (Lipinski definition) is 2. The maximum atomic E-state index is 12.4. The van der Waals surface area contributed by atoms with E-state index in [0.29, 0.717) is 17.4 Å². The standard InChI is InChI=1S/C19H24N6O2/c1-12-16-5-4-14(10-17(16)23-24(12)3)21-19(26)22-18-11-20-25(13(18)2)15-6-8-27-9-7-15/h4-5,10-11,15H,6-9H2,1-3H3,(H2,21,22,26). The van der Waals surface area contributed by atoms with Crippen molar-refractivity contribution in [3.05, 3.63) is 35.8 Å². The second-order valence-corrected chi connectivity index (χ2v) is 6.95. The smallest absolute Gasteiger partial charge is 0.323 e.